The van der Waals surface area contributed by atoms with Crippen LogP contribution in [0.2, 0.25) is 0 Å². The molecule has 0 saturated heterocycles. The summed E-state index contributed by atoms with van der Waals surface area (Å²) in [6, 6.07) is 7.85. The number of rotatable bonds is 6. The molecule has 0 bridgehead atoms. The summed E-state index contributed by atoms with van der Waals surface area (Å²) in [5, 5.41) is 20.7. The summed E-state index contributed by atoms with van der Waals surface area (Å²) < 4.78 is 1.73. The van der Waals surface area contributed by atoms with Gasteiger partial charge in [-0.25, -0.2) is 9.97 Å². The average Bonchev–Trinajstić information content (AvgIpc) is 3.02. The molecule has 0 aliphatic carbocycles. The first-order valence-corrected chi connectivity index (χ1v) is 8.23. The molecule has 3 heterocycles. The van der Waals surface area contributed by atoms with Crippen molar-refractivity contribution in [3.8, 4) is 11.4 Å². The third kappa shape index (κ3) is 4.39. The fraction of sp³-hybridized carbons (Fsp3) is 0.333. The van der Waals surface area contributed by atoms with Gasteiger partial charge in [-0.05, 0) is 55.2 Å². The molecular formula is C18H22N6O. The highest BCUT2D eigenvalue weighted by Crippen LogP contribution is 2.21. The van der Waals surface area contributed by atoms with Gasteiger partial charge in [-0.1, -0.05) is 12.1 Å². The number of hydrogen-bond donors (Lipinski definition) is 2. The standard InChI is InChI=1S/C18H22N6O/c1-12-4-5-19-17(7-12)21-18-8-13(2)6-15(20-18)16-10-24(23-22-16)9-14(3)11-25/h4-8,10,14,25H,9,11H2,1-3H3,(H,19,20,21)/t14-/m1/s1. The van der Waals surface area contributed by atoms with E-state index in [1.165, 1.54) is 0 Å². The summed E-state index contributed by atoms with van der Waals surface area (Å²) in [5.74, 6) is 1.60. The van der Waals surface area contributed by atoms with Crippen molar-refractivity contribution in [2.75, 3.05) is 11.9 Å². The molecule has 25 heavy (non-hydrogen) atoms. The second-order valence-corrected chi connectivity index (χ2v) is 6.37. The Bertz CT molecular complexity index is 860. The van der Waals surface area contributed by atoms with Crippen molar-refractivity contribution in [2.45, 2.75) is 27.3 Å². The van der Waals surface area contributed by atoms with E-state index in [1.807, 2.05) is 51.2 Å². The zero-order valence-electron chi connectivity index (χ0n) is 14.6. The minimum Gasteiger partial charge on any atom is -0.396 e. The van der Waals surface area contributed by atoms with Crippen molar-refractivity contribution in [3.63, 3.8) is 0 Å². The van der Waals surface area contributed by atoms with E-state index in [9.17, 15) is 0 Å². The Labute approximate surface area is 146 Å². The summed E-state index contributed by atoms with van der Waals surface area (Å²) >= 11 is 0. The van der Waals surface area contributed by atoms with Crippen LogP contribution < -0.4 is 5.32 Å². The Morgan fingerprint density at radius 2 is 1.92 bits per heavy atom. The largest absolute Gasteiger partial charge is 0.396 e. The molecule has 0 aliphatic heterocycles. The molecule has 0 saturated carbocycles. The van der Waals surface area contributed by atoms with Crippen LogP contribution in [0, 0.1) is 19.8 Å². The first-order chi connectivity index (χ1) is 12.0. The van der Waals surface area contributed by atoms with Gasteiger partial charge in [-0.15, -0.1) is 5.10 Å². The molecule has 3 aromatic rings. The zero-order chi connectivity index (χ0) is 17.8. The average molecular weight is 338 g/mol. The molecule has 1 atom stereocenters. The fourth-order valence-electron chi connectivity index (χ4n) is 2.48. The molecule has 0 spiro atoms. The Hall–Kier alpha value is -2.80. The quantitative estimate of drug-likeness (QED) is 0.718. The summed E-state index contributed by atoms with van der Waals surface area (Å²) in [7, 11) is 0. The lowest BCUT2D eigenvalue weighted by Crippen LogP contribution is -2.11. The minimum atomic E-state index is 0.120. The van der Waals surface area contributed by atoms with Gasteiger partial charge in [0, 0.05) is 19.3 Å². The van der Waals surface area contributed by atoms with Crippen molar-refractivity contribution in [1.29, 1.82) is 0 Å². The Kier molecular flexibility index (Phi) is 5.04. The number of aromatic nitrogens is 5. The number of aryl methyl sites for hydroxylation is 2. The van der Waals surface area contributed by atoms with Crippen LogP contribution in [0.4, 0.5) is 11.6 Å². The Morgan fingerprint density at radius 3 is 2.68 bits per heavy atom. The van der Waals surface area contributed by atoms with Crippen LogP contribution in [-0.2, 0) is 6.54 Å². The molecule has 0 aromatic carbocycles. The van der Waals surface area contributed by atoms with Crippen LogP contribution in [0.3, 0.4) is 0 Å². The fourth-order valence-corrected chi connectivity index (χ4v) is 2.48. The molecule has 0 fully saturated rings. The normalized spacial score (nSPS) is 12.2. The highest BCUT2D eigenvalue weighted by molar-refractivity contribution is 5.61. The monoisotopic (exact) mass is 338 g/mol. The third-order valence-corrected chi connectivity index (χ3v) is 3.75. The predicted molar refractivity (Wildman–Crippen MR) is 96.5 cm³/mol. The number of nitrogens with one attached hydrogen (secondary N) is 1. The highest BCUT2D eigenvalue weighted by Gasteiger charge is 2.10. The maximum absolute atomic E-state index is 9.16. The van der Waals surface area contributed by atoms with Crippen LogP contribution in [0.1, 0.15) is 18.1 Å². The summed E-state index contributed by atoms with van der Waals surface area (Å²) in [6.07, 6.45) is 3.62. The highest BCUT2D eigenvalue weighted by atomic mass is 16.3. The first-order valence-electron chi connectivity index (χ1n) is 8.23. The molecule has 0 aliphatic rings. The molecule has 0 unspecified atom stereocenters. The summed E-state index contributed by atoms with van der Waals surface area (Å²) in [6.45, 7) is 6.73. The van der Waals surface area contributed by atoms with Gasteiger partial charge in [0.15, 0.2) is 0 Å². The molecule has 130 valence electrons. The predicted octanol–water partition coefficient (Wildman–Crippen LogP) is 2.72. The van der Waals surface area contributed by atoms with Gasteiger partial charge in [0.05, 0.1) is 11.9 Å². The van der Waals surface area contributed by atoms with E-state index in [1.54, 1.807) is 10.9 Å². The van der Waals surface area contributed by atoms with E-state index in [0.717, 1.165) is 22.6 Å². The van der Waals surface area contributed by atoms with E-state index in [4.69, 9.17) is 5.11 Å². The maximum atomic E-state index is 9.16. The molecule has 0 radical (unpaired) electrons. The van der Waals surface area contributed by atoms with Crippen LogP contribution in [0.25, 0.3) is 11.4 Å². The molecular weight excluding hydrogens is 316 g/mol. The van der Waals surface area contributed by atoms with Gasteiger partial charge in [-0.3, -0.25) is 4.68 Å². The second-order valence-electron chi connectivity index (χ2n) is 6.37. The lowest BCUT2D eigenvalue weighted by Gasteiger charge is -2.08. The van der Waals surface area contributed by atoms with Crippen molar-refractivity contribution in [1.82, 2.24) is 25.0 Å². The third-order valence-electron chi connectivity index (χ3n) is 3.75. The molecule has 7 nitrogen and oxygen atoms in total. The van der Waals surface area contributed by atoms with E-state index < -0.39 is 0 Å². The summed E-state index contributed by atoms with van der Waals surface area (Å²) in [5.41, 5.74) is 3.65. The van der Waals surface area contributed by atoms with Crippen molar-refractivity contribution < 1.29 is 5.11 Å². The van der Waals surface area contributed by atoms with Gasteiger partial charge >= 0.3 is 0 Å². The molecule has 0 amide bonds. The first kappa shape index (κ1) is 17.0. The smallest absolute Gasteiger partial charge is 0.132 e. The lowest BCUT2D eigenvalue weighted by atomic mass is 10.2. The van der Waals surface area contributed by atoms with Crippen molar-refractivity contribution in [3.05, 3.63) is 47.8 Å². The van der Waals surface area contributed by atoms with Crippen LogP contribution in [0.15, 0.2) is 36.7 Å². The molecule has 2 N–H and O–H groups in total. The SMILES string of the molecule is Cc1ccnc(Nc2cc(C)cc(-c3cn(C[C@@H](C)CO)nn3)n2)c1. The topological polar surface area (TPSA) is 88.8 Å². The minimum absolute atomic E-state index is 0.120. The van der Waals surface area contributed by atoms with E-state index in [-0.39, 0.29) is 12.5 Å². The molecule has 3 rings (SSSR count). The van der Waals surface area contributed by atoms with Gasteiger partial charge in [0.1, 0.15) is 17.3 Å². The van der Waals surface area contributed by atoms with Gasteiger partial charge in [-0.2, -0.15) is 0 Å². The molecule has 3 aromatic heterocycles. The number of anilines is 2. The van der Waals surface area contributed by atoms with Gasteiger partial charge in [0.2, 0.25) is 0 Å². The van der Waals surface area contributed by atoms with Gasteiger partial charge < -0.3 is 10.4 Å². The lowest BCUT2D eigenvalue weighted by molar-refractivity contribution is 0.218. The zero-order valence-corrected chi connectivity index (χ0v) is 14.6. The summed E-state index contributed by atoms with van der Waals surface area (Å²) in [4.78, 5) is 8.93. The second kappa shape index (κ2) is 7.40. The number of aliphatic hydroxyl groups is 1. The van der Waals surface area contributed by atoms with E-state index >= 15 is 0 Å². The van der Waals surface area contributed by atoms with Crippen LogP contribution in [0.5, 0.6) is 0 Å². The Morgan fingerprint density at radius 1 is 1.12 bits per heavy atom. The number of pyridine rings is 2. The van der Waals surface area contributed by atoms with E-state index in [2.05, 4.69) is 25.6 Å². The van der Waals surface area contributed by atoms with Crippen LogP contribution in [-0.4, -0.2) is 36.7 Å². The van der Waals surface area contributed by atoms with E-state index in [0.29, 0.717) is 18.1 Å². The Balaban J connectivity index is 1.84. The van der Waals surface area contributed by atoms with Crippen LogP contribution >= 0.6 is 0 Å². The maximum Gasteiger partial charge on any atom is 0.132 e. The number of aliphatic hydroxyl groups excluding tert-OH is 1. The number of nitrogens with zero attached hydrogens (tertiary/aromatic N) is 5. The van der Waals surface area contributed by atoms with Crippen molar-refractivity contribution in [2.24, 2.45) is 5.92 Å². The van der Waals surface area contributed by atoms with Gasteiger partial charge in [0.25, 0.3) is 0 Å². The number of hydrogen-bond acceptors (Lipinski definition) is 6. The molecule has 7 heteroatoms. The van der Waals surface area contributed by atoms with Crippen molar-refractivity contribution >= 4 is 11.6 Å².